The minimum atomic E-state index is 0.725. The SMILES string of the molecule is COc1cccc(Nc2ccc3c(N)cc(-c4ccc(C)cc4)nc3c2)c1. The molecule has 1 aromatic heterocycles. The number of fused-ring (bicyclic) bond motifs is 1. The van der Waals surface area contributed by atoms with Crippen LogP contribution in [0.1, 0.15) is 5.56 Å². The summed E-state index contributed by atoms with van der Waals surface area (Å²) in [5, 5.41) is 4.34. The van der Waals surface area contributed by atoms with Crippen LogP contribution in [0.4, 0.5) is 17.1 Å². The smallest absolute Gasteiger partial charge is 0.120 e. The molecule has 1 heterocycles. The Morgan fingerprint density at radius 2 is 1.67 bits per heavy atom. The fourth-order valence-electron chi connectivity index (χ4n) is 3.07. The van der Waals surface area contributed by atoms with Crippen LogP contribution in [-0.4, -0.2) is 12.1 Å². The zero-order chi connectivity index (χ0) is 18.8. The number of nitrogens with zero attached hydrogens (tertiary/aromatic N) is 1. The maximum absolute atomic E-state index is 6.29. The Hall–Kier alpha value is -3.53. The maximum atomic E-state index is 6.29. The molecule has 4 nitrogen and oxygen atoms in total. The third-order valence-corrected chi connectivity index (χ3v) is 4.55. The molecule has 0 radical (unpaired) electrons. The number of benzene rings is 3. The van der Waals surface area contributed by atoms with Crippen LogP contribution in [-0.2, 0) is 0 Å². The van der Waals surface area contributed by atoms with Gasteiger partial charge >= 0.3 is 0 Å². The number of anilines is 3. The molecule has 3 N–H and O–H groups in total. The van der Waals surface area contributed by atoms with Crippen LogP contribution < -0.4 is 15.8 Å². The number of methoxy groups -OCH3 is 1. The van der Waals surface area contributed by atoms with Crippen molar-refractivity contribution in [3.8, 4) is 17.0 Å². The highest BCUT2D eigenvalue weighted by atomic mass is 16.5. The van der Waals surface area contributed by atoms with Gasteiger partial charge in [0.25, 0.3) is 0 Å². The van der Waals surface area contributed by atoms with Crippen molar-refractivity contribution < 1.29 is 4.74 Å². The van der Waals surface area contributed by atoms with Crippen LogP contribution in [0.15, 0.2) is 72.8 Å². The van der Waals surface area contributed by atoms with Gasteiger partial charge in [0.1, 0.15) is 5.75 Å². The summed E-state index contributed by atoms with van der Waals surface area (Å²) in [5.74, 6) is 0.810. The number of hydrogen-bond donors (Lipinski definition) is 2. The molecule has 0 aliphatic carbocycles. The lowest BCUT2D eigenvalue weighted by Gasteiger charge is -2.11. The van der Waals surface area contributed by atoms with Gasteiger partial charge in [0.15, 0.2) is 0 Å². The van der Waals surface area contributed by atoms with E-state index in [0.717, 1.165) is 45.0 Å². The molecule has 0 atom stereocenters. The summed E-state index contributed by atoms with van der Waals surface area (Å²) in [6.45, 7) is 2.07. The molecule has 0 aliphatic rings. The molecule has 27 heavy (non-hydrogen) atoms. The summed E-state index contributed by atoms with van der Waals surface area (Å²) in [6, 6.07) is 24.1. The molecule has 0 saturated carbocycles. The summed E-state index contributed by atoms with van der Waals surface area (Å²) in [5.41, 5.74) is 12.9. The topological polar surface area (TPSA) is 60.2 Å². The van der Waals surface area contributed by atoms with Gasteiger partial charge in [-0.25, -0.2) is 4.98 Å². The van der Waals surface area contributed by atoms with Gasteiger partial charge in [0.05, 0.1) is 18.3 Å². The second kappa shape index (κ2) is 7.00. The molecular weight excluding hydrogens is 334 g/mol. The van der Waals surface area contributed by atoms with Crippen LogP contribution in [0.2, 0.25) is 0 Å². The van der Waals surface area contributed by atoms with E-state index in [1.54, 1.807) is 7.11 Å². The highest BCUT2D eigenvalue weighted by Gasteiger charge is 2.07. The second-order valence-corrected chi connectivity index (χ2v) is 6.55. The molecule has 0 unspecified atom stereocenters. The molecule has 0 saturated heterocycles. The second-order valence-electron chi connectivity index (χ2n) is 6.55. The molecule has 0 bridgehead atoms. The first-order chi connectivity index (χ1) is 13.1. The average molecular weight is 355 g/mol. The van der Waals surface area contributed by atoms with Crippen LogP contribution in [0, 0.1) is 6.92 Å². The Morgan fingerprint density at radius 1 is 0.889 bits per heavy atom. The fraction of sp³-hybridized carbons (Fsp3) is 0.0870. The van der Waals surface area contributed by atoms with Gasteiger partial charge in [-0.2, -0.15) is 0 Å². The van der Waals surface area contributed by atoms with Crippen molar-refractivity contribution in [1.29, 1.82) is 0 Å². The van der Waals surface area contributed by atoms with Crippen LogP contribution >= 0.6 is 0 Å². The molecular formula is C23H21N3O. The Kier molecular flexibility index (Phi) is 4.38. The zero-order valence-electron chi connectivity index (χ0n) is 15.4. The third-order valence-electron chi connectivity index (χ3n) is 4.55. The zero-order valence-corrected chi connectivity index (χ0v) is 15.4. The van der Waals surface area contributed by atoms with Gasteiger partial charge < -0.3 is 15.8 Å². The normalized spacial score (nSPS) is 10.7. The van der Waals surface area contributed by atoms with Gasteiger partial charge in [-0.1, -0.05) is 35.9 Å². The molecule has 0 spiro atoms. The summed E-state index contributed by atoms with van der Waals surface area (Å²) in [4.78, 5) is 4.83. The lowest BCUT2D eigenvalue weighted by molar-refractivity contribution is 0.415. The largest absolute Gasteiger partial charge is 0.497 e. The molecule has 0 aliphatic heterocycles. The highest BCUT2D eigenvalue weighted by molar-refractivity contribution is 5.94. The lowest BCUT2D eigenvalue weighted by Crippen LogP contribution is -1.95. The van der Waals surface area contributed by atoms with Crippen molar-refractivity contribution in [3.05, 3.63) is 78.4 Å². The summed E-state index contributed by atoms with van der Waals surface area (Å²) >= 11 is 0. The van der Waals surface area contributed by atoms with Crippen LogP contribution in [0.25, 0.3) is 22.2 Å². The van der Waals surface area contributed by atoms with E-state index in [9.17, 15) is 0 Å². The van der Waals surface area contributed by atoms with Gasteiger partial charge in [-0.05, 0) is 43.3 Å². The molecule has 0 fully saturated rings. The van der Waals surface area contributed by atoms with E-state index in [-0.39, 0.29) is 0 Å². The van der Waals surface area contributed by atoms with Gasteiger partial charge in [0, 0.05) is 34.1 Å². The molecule has 0 amide bonds. The summed E-state index contributed by atoms with van der Waals surface area (Å²) in [6.07, 6.45) is 0. The van der Waals surface area contributed by atoms with E-state index in [2.05, 4.69) is 36.5 Å². The number of nitrogens with one attached hydrogen (secondary N) is 1. The number of nitrogen functional groups attached to an aromatic ring is 1. The number of aryl methyl sites for hydroxylation is 1. The first-order valence-electron chi connectivity index (χ1n) is 8.81. The van der Waals surface area contributed by atoms with E-state index in [4.69, 9.17) is 15.5 Å². The predicted octanol–water partition coefficient (Wildman–Crippen LogP) is 5.54. The first-order valence-corrected chi connectivity index (χ1v) is 8.81. The molecule has 3 aromatic carbocycles. The fourth-order valence-corrected chi connectivity index (χ4v) is 3.07. The van der Waals surface area contributed by atoms with E-state index >= 15 is 0 Å². The van der Waals surface area contributed by atoms with Crippen LogP contribution in [0.3, 0.4) is 0 Å². The standard InChI is InChI=1S/C23H21N3O/c1-15-6-8-16(9-7-15)22-14-21(24)20-11-10-18(13-23(20)26-22)25-17-4-3-5-19(12-17)27-2/h3-14,25H,1-2H3,(H2,24,26). The van der Waals surface area contributed by atoms with Crippen molar-refractivity contribution in [3.63, 3.8) is 0 Å². The number of aromatic nitrogens is 1. The third kappa shape index (κ3) is 3.55. The molecule has 134 valence electrons. The predicted molar refractivity (Wildman–Crippen MR) is 113 cm³/mol. The Bertz CT molecular complexity index is 1100. The number of rotatable bonds is 4. The molecule has 4 aromatic rings. The Morgan fingerprint density at radius 3 is 2.44 bits per heavy atom. The van der Waals surface area contributed by atoms with Crippen molar-refractivity contribution in [2.45, 2.75) is 6.92 Å². The maximum Gasteiger partial charge on any atom is 0.120 e. The lowest BCUT2D eigenvalue weighted by atomic mass is 10.1. The minimum Gasteiger partial charge on any atom is -0.497 e. The van der Waals surface area contributed by atoms with Gasteiger partial charge in [0.2, 0.25) is 0 Å². The van der Waals surface area contributed by atoms with Gasteiger partial charge in [-0.15, -0.1) is 0 Å². The van der Waals surface area contributed by atoms with E-state index in [1.165, 1.54) is 5.56 Å². The summed E-state index contributed by atoms with van der Waals surface area (Å²) in [7, 11) is 1.66. The summed E-state index contributed by atoms with van der Waals surface area (Å²) < 4.78 is 5.28. The minimum absolute atomic E-state index is 0.725. The quantitative estimate of drug-likeness (QED) is 0.504. The molecule has 4 rings (SSSR count). The average Bonchev–Trinajstić information content (AvgIpc) is 2.68. The number of nitrogens with two attached hydrogens (primary N) is 1. The highest BCUT2D eigenvalue weighted by Crippen LogP contribution is 2.30. The Labute approximate surface area is 158 Å². The first kappa shape index (κ1) is 16.9. The number of hydrogen-bond acceptors (Lipinski definition) is 4. The van der Waals surface area contributed by atoms with E-state index in [0.29, 0.717) is 0 Å². The Balaban J connectivity index is 1.73. The van der Waals surface area contributed by atoms with E-state index < -0.39 is 0 Å². The number of pyridine rings is 1. The van der Waals surface area contributed by atoms with Crippen molar-refractivity contribution in [2.24, 2.45) is 0 Å². The van der Waals surface area contributed by atoms with Gasteiger partial charge in [-0.3, -0.25) is 0 Å². The monoisotopic (exact) mass is 355 g/mol. The van der Waals surface area contributed by atoms with E-state index in [1.807, 2.05) is 48.5 Å². The van der Waals surface area contributed by atoms with Crippen LogP contribution in [0.5, 0.6) is 5.75 Å². The van der Waals surface area contributed by atoms with Crippen molar-refractivity contribution in [2.75, 3.05) is 18.2 Å². The number of ether oxygens (including phenoxy) is 1. The van der Waals surface area contributed by atoms with Crippen molar-refractivity contribution in [1.82, 2.24) is 4.98 Å². The molecule has 4 heteroatoms. The van der Waals surface area contributed by atoms with Crippen molar-refractivity contribution >= 4 is 28.0 Å².